The van der Waals surface area contributed by atoms with Crippen molar-refractivity contribution in [3.63, 3.8) is 0 Å². The van der Waals surface area contributed by atoms with Crippen molar-refractivity contribution < 1.29 is 9.53 Å². The molecule has 0 bridgehead atoms. The average Bonchev–Trinajstić information content (AvgIpc) is 3.23. The highest BCUT2D eigenvalue weighted by atomic mass is 16.5. The summed E-state index contributed by atoms with van der Waals surface area (Å²) in [6.07, 6.45) is 1.22. The maximum absolute atomic E-state index is 13.1. The van der Waals surface area contributed by atoms with Gasteiger partial charge in [0.25, 0.3) is 0 Å². The third-order valence-corrected chi connectivity index (χ3v) is 5.34. The van der Waals surface area contributed by atoms with Gasteiger partial charge in [-0.3, -0.25) is 4.79 Å². The lowest BCUT2D eigenvalue weighted by Crippen LogP contribution is -2.32. The molecule has 0 aliphatic carbocycles. The molecular formula is C24H25N3O2. The zero-order chi connectivity index (χ0) is 20.1. The van der Waals surface area contributed by atoms with E-state index in [-0.39, 0.29) is 17.9 Å². The highest BCUT2D eigenvalue weighted by Crippen LogP contribution is 2.29. The number of hydrogen-bond acceptors (Lipinski definition) is 4. The number of aromatic nitrogens is 2. The van der Waals surface area contributed by atoms with Gasteiger partial charge in [-0.1, -0.05) is 60.7 Å². The van der Waals surface area contributed by atoms with E-state index in [1.54, 1.807) is 0 Å². The molecular weight excluding hydrogens is 362 g/mol. The van der Waals surface area contributed by atoms with Crippen molar-refractivity contribution in [2.45, 2.75) is 31.8 Å². The fourth-order valence-corrected chi connectivity index (χ4v) is 3.77. The van der Waals surface area contributed by atoms with Crippen LogP contribution in [0.5, 0.6) is 5.88 Å². The number of amides is 1. The molecule has 1 aromatic heterocycles. The van der Waals surface area contributed by atoms with Crippen LogP contribution in [0.3, 0.4) is 0 Å². The molecule has 1 atom stereocenters. The van der Waals surface area contributed by atoms with Gasteiger partial charge in [-0.25, -0.2) is 0 Å². The quantitative estimate of drug-likeness (QED) is 0.642. The van der Waals surface area contributed by atoms with Crippen LogP contribution >= 0.6 is 0 Å². The van der Waals surface area contributed by atoms with E-state index in [4.69, 9.17) is 4.74 Å². The van der Waals surface area contributed by atoms with E-state index in [9.17, 15) is 4.79 Å². The number of rotatable bonds is 6. The van der Waals surface area contributed by atoms with Crippen molar-refractivity contribution in [2.24, 2.45) is 0 Å². The number of nitrogens with zero attached hydrogens (tertiary/aromatic N) is 3. The SMILES string of the molecule is Cc1ccc(OC2CCN(C(=O)CC(c3ccccc3)c3ccccc3)C2)nn1. The van der Waals surface area contributed by atoms with Crippen LogP contribution in [-0.4, -0.2) is 40.2 Å². The molecule has 5 heteroatoms. The van der Waals surface area contributed by atoms with Crippen LogP contribution in [0.25, 0.3) is 0 Å². The fourth-order valence-electron chi connectivity index (χ4n) is 3.77. The number of aryl methyl sites for hydroxylation is 1. The monoisotopic (exact) mass is 387 g/mol. The van der Waals surface area contributed by atoms with E-state index in [1.807, 2.05) is 60.4 Å². The Hall–Kier alpha value is -3.21. The zero-order valence-corrected chi connectivity index (χ0v) is 16.6. The van der Waals surface area contributed by atoms with Gasteiger partial charge in [-0.2, -0.15) is 5.10 Å². The molecule has 4 rings (SSSR count). The lowest BCUT2D eigenvalue weighted by molar-refractivity contribution is -0.130. The number of benzene rings is 2. The van der Waals surface area contributed by atoms with E-state index >= 15 is 0 Å². The summed E-state index contributed by atoms with van der Waals surface area (Å²) in [5.41, 5.74) is 3.18. The van der Waals surface area contributed by atoms with Crippen molar-refractivity contribution in [1.29, 1.82) is 0 Å². The Bertz CT molecular complexity index is 890. The van der Waals surface area contributed by atoms with Crippen molar-refractivity contribution in [3.8, 4) is 5.88 Å². The molecule has 29 heavy (non-hydrogen) atoms. The molecule has 1 unspecified atom stereocenters. The molecule has 5 nitrogen and oxygen atoms in total. The molecule has 1 aliphatic heterocycles. The molecule has 0 spiro atoms. The molecule has 1 saturated heterocycles. The van der Waals surface area contributed by atoms with Gasteiger partial charge in [0.2, 0.25) is 11.8 Å². The van der Waals surface area contributed by atoms with Gasteiger partial charge in [0.15, 0.2) is 0 Å². The highest BCUT2D eigenvalue weighted by molar-refractivity contribution is 5.78. The summed E-state index contributed by atoms with van der Waals surface area (Å²) < 4.78 is 5.92. The minimum absolute atomic E-state index is 0.0390. The largest absolute Gasteiger partial charge is 0.471 e. The van der Waals surface area contributed by atoms with Gasteiger partial charge in [0, 0.05) is 31.4 Å². The number of ether oxygens (including phenoxy) is 1. The number of carbonyl (C=O) groups is 1. The summed E-state index contributed by atoms with van der Waals surface area (Å²) in [5.74, 6) is 0.720. The first kappa shape index (κ1) is 19.1. The third kappa shape index (κ3) is 4.80. The normalized spacial score (nSPS) is 16.2. The van der Waals surface area contributed by atoms with E-state index in [0.717, 1.165) is 23.2 Å². The molecule has 2 aromatic carbocycles. The Balaban J connectivity index is 1.42. The number of hydrogen-bond donors (Lipinski definition) is 0. The van der Waals surface area contributed by atoms with Gasteiger partial charge in [-0.15, -0.1) is 5.10 Å². The molecule has 0 radical (unpaired) electrons. The molecule has 2 heterocycles. The summed E-state index contributed by atoms with van der Waals surface area (Å²) >= 11 is 0. The van der Waals surface area contributed by atoms with Crippen LogP contribution in [0.2, 0.25) is 0 Å². The van der Waals surface area contributed by atoms with Crippen molar-refractivity contribution in [1.82, 2.24) is 15.1 Å². The Kier molecular flexibility index (Phi) is 5.84. The van der Waals surface area contributed by atoms with E-state index in [0.29, 0.717) is 25.4 Å². The smallest absolute Gasteiger partial charge is 0.233 e. The first-order chi connectivity index (χ1) is 14.2. The van der Waals surface area contributed by atoms with Crippen LogP contribution in [0.15, 0.2) is 72.8 Å². The Morgan fingerprint density at radius 1 is 1.00 bits per heavy atom. The maximum Gasteiger partial charge on any atom is 0.233 e. The van der Waals surface area contributed by atoms with Gasteiger partial charge in [-0.05, 0) is 24.1 Å². The Labute approximate surface area is 171 Å². The Morgan fingerprint density at radius 3 is 2.24 bits per heavy atom. The molecule has 3 aromatic rings. The van der Waals surface area contributed by atoms with Crippen molar-refractivity contribution in [3.05, 3.63) is 89.6 Å². The lowest BCUT2D eigenvalue weighted by Gasteiger charge is -2.22. The molecule has 148 valence electrons. The minimum Gasteiger partial charge on any atom is -0.471 e. The second-order valence-corrected chi connectivity index (χ2v) is 7.46. The summed E-state index contributed by atoms with van der Waals surface area (Å²) in [6, 6.07) is 24.2. The van der Waals surface area contributed by atoms with Gasteiger partial charge >= 0.3 is 0 Å². The second-order valence-electron chi connectivity index (χ2n) is 7.46. The molecule has 0 N–H and O–H groups in total. The van der Waals surface area contributed by atoms with Crippen molar-refractivity contribution >= 4 is 5.91 Å². The molecule has 0 saturated carbocycles. The predicted octanol–water partition coefficient (Wildman–Crippen LogP) is 3.99. The van der Waals surface area contributed by atoms with E-state index in [2.05, 4.69) is 34.5 Å². The summed E-state index contributed by atoms with van der Waals surface area (Å²) in [6.45, 7) is 3.19. The maximum atomic E-state index is 13.1. The first-order valence-corrected chi connectivity index (χ1v) is 10.0. The van der Waals surface area contributed by atoms with Crippen LogP contribution in [0.1, 0.15) is 35.6 Å². The third-order valence-electron chi connectivity index (χ3n) is 5.34. The summed E-state index contributed by atoms with van der Waals surface area (Å²) in [7, 11) is 0. The van der Waals surface area contributed by atoms with Crippen molar-refractivity contribution in [2.75, 3.05) is 13.1 Å². The fraction of sp³-hybridized carbons (Fsp3) is 0.292. The predicted molar refractivity (Wildman–Crippen MR) is 112 cm³/mol. The van der Waals surface area contributed by atoms with Gasteiger partial charge in [0.1, 0.15) is 6.10 Å². The van der Waals surface area contributed by atoms with Crippen LogP contribution < -0.4 is 4.74 Å². The van der Waals surface area contributed by atoms with Crippen LogP contribution in [0.4, 0.5) is 0 Å². The van der Waals surface area contributed by atoms with Crippen LogP contribution in [-0.2, 0) is 4.79 Å². The lowest BCUT2D eigenvalue weighted by atomic mass is 9.88. The number of likely N-dealkylation sites (tertiary alicyclic amines) is 1. The van der Waals surface area contributed by atoms with Gasteiger partial charge < -0.3 is 9.64 Å². The topological polar surface area (TPSA) is 55.3 Å². The molecule has 1 aliphatic rings. The molecule has 1 amide bonds. The van der Waals surface area contributed by atoms with Crippen LogP contribution in [0, 0.1) is 6.92 Å². The summed E-state index contributed by atoms with van der Waals surface area (Å²) in [5, 5.41) is 8.09. The second kappa shape index (κ2) is 8.86. The minimum atomic E-state index is -0.0390. The Morgan fingerprint density at radius 2 is 1.66 bits per heavy atom. The van der Waals surface area contributed by atoms with E-state index in [1.165, 1.54) is 0 Å². The first-order valence-electron chi connectivity index (χ1n) is 10.0. The summed E-state index contributed by atoms with van der Waals surface area (Å²) in [4.78, 5) is 15.0. The zero-order valence-electron chi connectivity index (χ0n) is 16.6. The number of carbonyl (C=O) groups excluding carboxylic acids is 1. The van der Waals surface area contributed by atoms with Gasteiger partial charge in [0.05, 0.1) is 12.2 Å². The molecule has 1 fully saturated rings. The highest BCUT2D eigenvalue weighted by Gasteiger charge is 2.30. The van der Waals surface area contributed by atoms with E-state index < -0.39 is 0 Å². The average molecular weight is 387 g/mol. The standard InChI is InChI=1S/C24H25N3O2/c1-18-12-13-23(26-25-18)29-21-14-15-27(17-21)24(28)16-22(19-8-4-2-5-9-19)20-10-6-3-7-11-20/h2-13,21-22H,14-17H2,1H3.